The highest BCUT2D eigenvalue weighted by molar-refractivity contribution is 5.15. The summed E-state index contributed by atoms with van der Waals surface area (Å²) < 4.78 is 49.0. The van der Waals surface area contributed by atoms with E-state index in [9.17, 15) is 51.1 Å². The van der Waals surface area contributed by atoms with Crippen LogP contribution in [0.3, 0.4) is 0 Å². The normalized spacial score (nSPS) is 58.2. The topological polar surface area (TPSA) is 276 Å². The highest BCUT2D eigenvalue weighted by Crippen LogP contribution is 2.71. The molecule has 362 valence electrons. The summed E-state index contributed by atoms with van der Waals surface area (Å²) in [5, 5.41) is 106. The van der Waals surface area contributed by atoms with E-state index >= 15 is 0 Å². The van der Waals surface area contributed by atoms with Gasteiger partial charge in [-0.25, -0.2) is 0 Å². The Balaban J connectivity index is 0.833. The second kappa shape index (κ2) is 18.0. The van der Waals surface area contributed by atoms with E-state index in [1.807, 2.05) is 0 Å². The average molecular weight is 903 g/mol. The molecular weight excluding hydrogens is 828 g/mol. The summed E-state index contributed by atoms with van der Waals surface area (Å²) >= 11 is 0. The standard InChI is InChI=1S/C45H74O18/c1-19-7-12-45(56-18-19)20(2)30-26(63-45)14-25-23-6-5-21-13-22(8-10-43(21,3)24(23)9-11-44(25,30)4)57-40-37(55)35(53)38(29(17-48)60-40)61-42-39(34(52)32(50)28(16-47)59-42)62-41-36(54)33(51)31(49)27(15-46)58-41/h19-42,46-55H,5-18H2,1-4H3/t19-,20-,21+,22-,23+,24-,25-,26-,27+,28+,29+,30-,31-,32+,33-,34-,35+,36+,37+,38+,39+,40+,41+,42-,43-,44-,45+/m0/s1. The van der Waals surface area contributed by atoms with Gasteiger partial charge in [-0.3, -0.25) is 0 Å². The van der Waals surface area contributed by atoms with E-state index in [-0.39, 0.29) is 23.0 Å². The molecule has 5 heterocycles. The number of aliphatic hydroxyl groups excluding tert-OH is 10. The summed E-state index contributed by atoms with van der Waals surface area (Å²) in [5.41, 5.74) is 0.364. The molecule has 1 spiro atoms. The van der Waals surface area contributed by atoms with Gasteiger partial charge in [-0.1, -0.05) is 27.7 Å². The number of hydrogen-bond donors (Lipinski definition) is 10. The van der Waals surface area contributed by atoms with Crippen LogP contribution in [0.15, 0.2) is 0 Å². The first-order valence-corrected chi connectivity index (χ1v) is 23.8. The number of aliphatic hydroxyl groups is 10. The zero-order valence-corrected chi connectivity index (χ0v) is 37.0. The maximum atomic E-state index is 11.5. The third kappa shape index (κ3) is 7.88. The molecule has 0 aromatic carbocycles. The monoisotopic (exact) mass is 902 g/mol. The molecule has 9 fully saturated rings. The molecular formula is C45H74O18. The summed E-state index contributed by atoms with van der Waals surface area (Å²) in [4.78, 5) is 0. The third-order valence-corrected chi connectivity index (χ3v) is 18.3. The van der Waals surface area contributed by atoms with Crippen molar-refractivity contribution in [3.8, 4) is 0 Å². The maximum absolute atomic E-state index is 11.5. The molecule has 0 bridgehead atoms. The lowest BCUT2D eigenvalue weighted by Gasteiger charge is -2.61. The first-order chi connectivity index (χ1) is 30.0. The Labute approximate surface area is 369 Å². The highest BCUT2D eigenvalue weighted by atomic mass is 16.8. The molecule has 9 rings (SSSR count). The minimum atomic E-state index is -1.89. The van der Waals surface area contributed by atoms with Gasteiger partial charge in [0.25, 0.3) is 0 Å². The molecule has 4 saturated carbocycles. The van der Waals surface area contributed by atoms with Crippen molar-refractivity contribution in [2.75, 3.05) is 26.4 Å². The van der Waals surface area contributed by atoms with Crippen molar-refractivity contribution in [2.24, 2.45) is 52.3 Å². The second-order valence-electron chi connectivity index (χ2n) is 21.5. The Morgan fingerprint density at radius 3 is 1.84 bits per heavy atom. The fourth-order valence-corrected chi connectivity index (χ4v) is 14.7. The van der Waals surface area contributed by atoms with Crippen molar-refractivity contribution in [1.82, 2.24) is 0 Å². The van der Waals surface area contributed by atoms with Gasteiger partial charge >= 0.3 is 0 Å². The summed E-state index contributed by atoms with van der Waals surface area (Å²) in [6.45, 7) is 8.23. The van der Waals surface area contributed by atoms with E-state index < -0.39 is 118 Å². The van der Waals surface area contributed by atoms with Crippen molar-refractivity contribution in [2.45, 2.75) is 202 Å². The minimum Gasteiger partial charge on any atom is -0.394 e. The molecule has 4 aliphatic carbocycles. The quantitative estimate of drug-likeness (QED) is 0.128. The van der Waals surface area contributed by atoms with Crippen LogP contribution in [0.25, 0.3) is 0 Å². The minimum absolute atomic E-state index is 0.134. The van der Waals surface area contributed by atoms with Gasteiger partial charge in [-0.2, -0.15) is 0 Å². The van der Waals surface area contributed by atoms with Crippen molar-refractivity contribution in [1.29, 1.82) is 0 Å². The summed E-state index contributed by atoms with van der Waals surface area (Å²) in [7, 11) is 0. The molecule has 18 heteroatoms. The molecule has 27 atom stereocenters. The largest absolute Gasteiger partial charge is 0.394 e. The van der Waals surface area contributed by atoms with Crippen LogP contribution in [0.1, 0.15) is 91.9 Å². The van der Waals surface area contributed by atoms with Crippen LogP contribution in [-0.2, 0) is 37.9 Å². The SMILES string of the molecule is C[C@H]1CC[C@@]2(OC1)O[C@H]1C[C@H]3[C@@H]4CC[C@@H]5C[C@@H](O[C@@H]6O[C@H](CO)[C@@H](O[C@@H]7O[C@H](CO)[C@@H](O)[C@H](O)[C@H]7O[C@H]7O[C@H](CO)[C@H](O)[C@H](O)[C@H]7O)[C@H](O)[C@H]6O)CC[C@]5(C)[C@H]4CC[C@]3(C)[C@H]1[C@@H]2C. The molecule has 0 aromatic heterocycles. The molecule has 5 saturated heterocycles. The molecule has 0 unspecified atom stereocenters. The van der Waals surface area contributed by atoms with Crippen molar-refractivity contribution in [3.05, 3.63) is 0 Å². The van der Waals surface area contributed by atoms with Crippen molar-refractivity contribution >= 4 is 0 Å². The number of ether oxygens (including phenoxy) is 8. The Hall–Kier alpha value is -0.720. The molecule has 5 aliphatic heterocycles. The fraction of sp³-hybridized carbons (Fsp3) is 1.00. The second-order valence-corrected chi connectivity index (χ2v) is 21.5. The Morgan fingerprint density at radius 2 is 1.16 bits per heavy atom. The van der Waals surface area contributed by atoms with Crippen LogP contribution < -0.4 is 0 Å². The van der Waals surface area contributed by atoms with E-state index in [1.54, 1.807) is 0 Å². The van der Waals surface area contributed by atoms with Gasteiger partial charge < -0.3 is 89.0 Å². The van der Waals surface area contributed by atoms with Gasteiger partial charge in [-0.15, -0.1) is 0 Å². The van der Waals surface area contributed by atoms with Crippen LogP contribution in [0.4, 0.5) is 0 Å². The summed E-state index contributed by atoms with van der Waals surface area (Å²) in [5.74, 6) is 3.29. The molecule has 0 amide bonds. The first kappa shape index (κ1) is 47.4. The zero-order chi connectivity index (χ0) is 44.9. The van der Waals surface area contributed by atoms with Crippen LogP contribution >= 0.6 is 0 Å². The molecule has 18 nitrogen and oxygen atoms in total. The van der Waals surface area contributed by atoms with E-state index in [2.05, 4.69) is 27.7 Å². The predicted molar refractivity (Wildman–Crippen MR) is 216 cm³/mol. The lowest BCUT2D eigenvalue weighted by atomic mass is 9.44. The van der Waals surface area contributed by atoms with Crippen LogP contribution in [-0.4, -0.2) is 188 Å². The summed E-state index contributed by atoms with van der Waals surface area (Å²) in [6.07, 6.45) is -14.2. The van der Waals surface area contributed by atoms with Crippen LogP contribution in [0, 0.1) is 52.3 Å². The Kier molecular flexibility index (Phi) is 13.5. The van der Waals surface area contributed by atoms with Gasteiger partial charge in [0.1, 0.15) is 73.2 Å². The smallest absolute Gasteiger partial charge is 0.187 e. The van der Waals surface area contributed by atoms with Crippen molar-refractivity contribution < 1.29 is 89.0 Å². The van der Waals surface area contributed by atoms with Gasteiger partial charge in [0, 0.05) is 12.3 Å². The van der Waals surface area contributed by atoms with Crippen molar-refractivity contribution in [3.63, 3.8) is 0 Å². The van der Waals surface area contributed by atoms with Gasteiger partial charge in [-0.05, 0) is 104 Å². The molecule has 0 radical (unpaired) electrons. The highest BCUT2D eigenvalue weighted by Gasteiger charge is 2.69. The maximum Gasteiger partial charge on any atom is 0.187 e. The Bertz CT molecular complexity index is 1570. The molecule has 10 N–H and O–H groups in total. The van der Waals surface area contributed by atoms with E-state index in [0.717, 1.165) is 58.0 Å². The predicted octanol–water partition coefficient (Wildman–Crippen LogP) is -0.734. The van der Waals surface area contributed by atoms with E-state index in [4.69, 9.17) is 37.9 Å². The Morgan fingerprint density at radius 1 is 0.556 bits per heavy atom. The molecule has 63 heavy (non-hydrogen) atoms. The number of rotatable bonds is 9. The first-order valence-electron chi connectivity index (χ1n) is 23.8. The third-order valence-electron chi connectivity index (χ3n) is 18.3. The number of fused-ring (bicyclic) bond motifs is 7. The van der Waals surface area contributed by atoms with E-state index in [0.29, 0.717) is 41.4 Å². The van der Waals surface area contributed by atoms with Gasteiger partial charge in [0.15, 0.2) is 24.7 Å². The van der Waals surface area contributed by atoms with Crippen LogP contribution in [0.5, 0.6) is 0 Å². The summed E-state index contributed by atoms with van der Waals surface area (Å²) in [6, 6.07) is 0. The molecule has 0 aromatic rings. The molecule has 9 aliphatic rings. The van der Waals surface area contributed by atoms with E-state index in [1.165, 1.54) is 12.8 Å². The fourth-order valence-electron chi connectivity index (χ4n) is 14.7. The average Bonchev–Trinajstić information content (AvgIpc) is 3.72. The number of hydrogen-bond acceptors (Lipinski definition) is 18. The van der Waals surface area contributed by atoms with Gasteiger partial charge in [0.2, 0.25) is 0 Å². The lowest BCUT2D eigenvalue weighted by molar-refractivity contribution is -0.390. The van der Waals surface area contributed by atoms with Gasteiger partial charge in [0.05, 0.1) is 38.6 Å². The lowest BCUT2D eigenvalue weighted by Crippen LogP contribution is -2.67. The van der Waals surface area contributed by atoms with Crippen LogP contribution in [0.2, 0.25) is 0 Å². The zero-order valence-electron chi connectivity index (χ0n) is 37.0.